The molecule has 0 aromatic carbocycles. The molecule has 0 atom stereocenters. The van der Waals surface area contributed by atoms with Gasteiger partial charge in [-0.25, -0.2) is 0 Å². The first-order valence-corrected chi connectivity index (χ1v) is 4.35. The van der Waals surface area contributed by atoms with Crippen LogP contribution in [-0.4, -0.2) is 9.97 Å². The third-order valence-corrected chi connectivity index (χ3v) is 2.12. The molecule has 2 rings (SSSR count). The van der Waals surface area contributed by atoms with Gasteiger partial charge in [0.15, 0.2) is 0 Å². The monoisotopic (exact) mass is 182 g/mol. The molecule has 0 fully saturated rings. The lowest BCUT2D eigenvalue weighted by Crippen LogP contribution is -1.89. The van der Waals surface area contributed by atoms with E-state index in [0.717, 1.165) is 22.2 Å². The van der Waals surface area contributed by atoms with Crippen LogP contribution in [0.3, 0.4) is 0 Å². The SMILES string of the molecule is C=Cc1cnc2cccnc2c1C=C. The van der Waals surface area contributed by atoms with E-state index in [-0.39, 0.29) is 0 Å². The van der Waals surface area contributed by atoms with Gasteiger partial charge in [-0.15, -0.1) is 0 Å². The first-order chi connectivity index (χ1) is 6.86. The van der Waals surface area contributed by atoms with Gasteiger partial charge in [0.1, 0.15) is 0 Å². The summed E-state index contributed by atoms with van der Waals surface area (Å²) in [5, 5.41) is 0. The number of fused-ring (bicyclic) bond motifs is 1. The summed E-state index contributed by atoms with van der Waals surface area (Å²) >= 11 is 0. The fourth-order valence-corrected chi connectivity index (χ4v) is 1.43. The van der Waals surface area contributed by atoms with Crippen molar-refractivity contribution in [3.05, 3.63) is 48.8 Å². The fraction of sp³-hybridized carbons (Fsp3) is 0. The molecular formula is C12H10N2. The van der Waals surface area contributed by atoms with Crippen molar-refractivity contribution < 1.29 is 0 Å². The van der Waals surface area contributed by atoms with Crippen LogP contribution in [0.15, 0.2) is 37.7 Å². The first-order valence-electron chi connectivity index (χ1n) is 4.35. The van der Waals surface area contributed by atoms with E-state index in [1.807, 2.05) is 12.1 Å². The van der Waals surface area contributed by atoms with Gasteiger partial charge in [-0.1, -0.05) is 25.3 Å². The summed E-state index contributed by atoms with van der Waals surface area (Å²) in [4.78, 5) is 8.56. The van der Waals surface area contributed by atoms with Crippen molar-refractivity contribution in [2.24, 2.45) is 0 Å². The number of aromatic nitrogens is 2. The van der Waals surface area contributed by atoms with Gasteiger partial charge >= 0.3 is 0 Å². The molecule has 68 valence electrons. The zero-order valence-corrected chi connectivity index (χ0v) is 7.77. The molecule has 0 bridgehead atoms. The summed E-state index contributed by atoms with van der Waals surface area (Å²) in [6.07, 6.45) is 7.09. The summed E-state index contributed by atoms with van der Waals surface area (Å²) in [5.41, 5.74) is 3.71. The highest BCUT2D eigenvalue weighted by Crippen LogP contribution is 2.19. The topological polar surface area (TPSA) is 25.8 Å². The fourth-order valence-electron chi connectivity index (χ4n) is 1.43. The molecule has 2 heterocycles. The van der Waals surface area contributed by atoms with E-state index in [1.54, 1.807) is 24.5 Å². The van der Waals surface area contributed by atoms with Crippen LogP contribution in [0.4, 0.5) is 0 Å². The minimum atomic E-state index is 0.875. The van der Waals surface area contributed by atoms with Crippen molar-refractivity contribution in [1.82, 2.24) is 9.97 Å². The van der Waals surface area contributed by atoms with Crippen LogP contribution in [0.25, 0.3) is 23.2 Å². The van der Waals surface area contributed by atoms with Crippen molar-refractivity contribution in [2.45, 2.75) is 0 Å². The molecule has 0 spiro atoms. The molecule has 2 aromatic heterocycles. The first kappa shape index (κ1) is 8.63. The van der Waals surface area contributed by atoms with Gasteiger partial charge in [-0.05, 0) is 12.1 Å². The molecule has 0 aliphatic heterocycles. The second kappa shape index (κ2) is 3.42. The molecule has 0 unspecified atom stereocenters. The molecule has 0 N–H and O–H groups in total. The van der Waals surface area contributed by atoms with E-state index in [9.17, 15) is 0 Å². The molecule has 2 aromatic rings. The Labute approximate surface area is 82.6 Å². The predicted octanol–water partition coefficient (Wildman–Crippen LogP) is 2.92. The maximum absolute atomic E-state index is 4.28. The summed E-state index contributed by atoms with van der Waals surface area (Å²) in [6.45, 7) is 7.50. The van der Waals surface area contributed by atoms with Crippen molar-refractivity contribution >= 4 is 23.2 Å². The molecule has 0 saturated carbocycles. The lowest BCUT2D eigenvalue weighted by Gasteiger charge is -2.03. The Morgan fingerprint density at radius 3 is 2.71 bits per heavy atom. The van der Waals surface area contributed by atoms with Crippen LogP contribution in [0, 0.1) is 0 Å². The largest absolute Gasteiger partial charge is 0.254 e. The highest BCUT2D eigenvalue weighted by atomic mass is 14.7. The van der Waals surface area contributed by atoms with Gasteiger partial charge in [0.2, 0.25) is 0 Å². The van der Waals surface area contributed by atoms with Gasteiger partial charge in [0.25, 0.3) is 0 Å². The number of hydrogen-bond donors (Lipinski definition) is 0. The van der Waals surface area contributed by atoms with Gasteiger partial charge in [-0.2, -0.15) is 0 Å². The highest BCUT2D eigenvalue weighted by molar-refractivity contribution is 5.87. The normalized spacial score (nSPS) is 10.0. The van der Waals surface area contributed by atoms with Crippen molar-refractivity contribution in [1.29, 1.82) is 0 Å². The minimum Gasteiger partial charge on any atom is -0.254 e. The smallest absolute Gasteiger partial charge is 0.0964 e. The highest BCUT2D eigenvalue weighted by Gasteiger charge is 2.03. The number of rotatable bonds is 2. The van der Waals surface area contributed by atoms with Crippen LogP contribution in [-0.2, 0) is 0 Å². The van der Waals surface area contributed by atoms with E-state index in [1.165, 1.54) is 0 Å². The minimum absolute atomic E-state index is 0.875. The van der Waals surface area contributed by atoms with Crippen LogP contribution in [0.2, 0.25) is 0 Å². The predicted molar refractivity (Wildman–Crippen MR) is 59.7 cm³/mol. The number of pyridine rings is 2. The van der Waals surface area contributed by atoms with Crippen LogP contribution in [0.1, 0.15) is 11.1 Å². The van der Waals surface area contributed by atoms with Gasteiger partial charge in [0.05, 0.1) is 11.0 Å². The number of hydrogen-bond acceptors (Lipinski definition) is 2. The average molecular weight is 182 g/mol. The Kier molecular flexibility index (Phi) is 2.11. The second-order valence-corrected chi connectivity index (χ2v) is 2.91. The number of nitrogens with zero attached hydrogens (tertiary/aromatic N) is 2. The van der Waals surface area contributed by atoms with Crippen molar-refractivity contribution in [2.75, 3.05) is 0 Å². The average Bonchev–Trinajstić information content (AvgIpc) is 2.27. The summed E-state index contributed by atoms with van der Waals surface area (Å²) < 4.78 is 0. The zero-order chi connectivity index (χ0) is 9.97. The quantitative estimate of drug-likeness (QED) is 0.713. The lowest BCUT2D eigenvalue weighted by molar-refractivity contribution is 1.32. The van der Waals surface area contributed by atoms with Gasteiger partial charge in [-0.3, -0.25) is 9.97 Å². The van der Waals surface area contributed by atoms with E-state index in [4.69, 9.17) is 0 Å². The van der Waals surface area contributed by atoms with E-state index in [2.05, 4.69) is 23.1 Å². The Balaban J connectivity index is 2.90. The van der Waals surface area contributed by atoms with E-state index >= 15 is 0 Å². The van der Waals surface area contributed by atoms with E-state index < -0.39 is 0 Å². The maximum Gasteiger partial charge on any atom is 0.0964 e. The molecule has 0 aliphatic carbocycles. The molecule has 2 heteroatoms. The molecule has 2 nitrogen and oxygen atoms in total. The zero-order valence-electron chi connectivity index (χ0n) is 7.77. The van der Waals surface area contributed by atoms with Gasteiger partial charge < -0.3 is 0 Å². The molecule has 0 saturated heterocycles. The molecule has 14 heavy (non-hydrogen) atoms. The van der Waals surface area contributed by atoms with Crippen LogP contribution < -0.4 is 0 Å². The second-order valence-electron chi connectivity index (χ2n) is 2.91. The van der Waals surface area contributed by atoms with Crippen LogP contribution in [0.5, 0.6) is 0 Å². The molecular weight excluding hydrogens is 172 g/mol. The Bertz CT molecular complexity index is 501. The van der Waals surface area contributed by atoms with Crippen LogP contribution >= 0.6 is 0 Å². The third-order valence-electron chi connectivity index (χ3n) is 2.12. The van der Waals surface area contributed by atoms with Crippen molar-refractivity contribution in [3.8, 4) is 0 Å². The van der Waals surface area contributed by atoms with Crippen molar-refractivity contribution in [3.63, 3.8) is 0 Å². The summed E-state index contributed by atoms with van der Waals surface area (Å²) in [5.74, 6) is 0. The Morgan fingerprint density at radius 1 is 1.14 bits per heavy atom. The maximum atomic E-state index is 4.28. The molecule has 0 aliphatic rings. The lowest BCUT2D eigenvalue weighted by atomic mass is 10.1. The molecule has 0 amide bonds. The summed E-state index contributed by atoms with van der Waals surface area (Å²) in [6, 6.07) is 3.80. The molecule has 0 radical (unpaired) electrons. The Hall–Kier alpha value is -1.96. The van der Waals surface area contributed by atoms with Gasteiger partial charge in [0, 0.05) is 23.5 Å². The standard InChI is InChI=1S/C12H10N2/c1-3-9-8-14-11-6-5-7-13-12(11)10(9)4-2/h3-8H,1-2H2. The van der Waals surface area contributed by atoms with E-state index in [0.29, 0.717) is 0 Å². The third kappa shape index (κ3) is 1.21. The summed E-state index contributed by atoms with van der Waals surface area (Å²) in [7, 11) is 0. The Morgan fingerprint density at radius 2 is 2.00 bits per heavy atom.